The molecule has 0 spiro atoms. The minimum Gasteiger partial charge on any atom is -0.462 e. The van der Waals surface area contributed by atoms with E-state index in [0.717, 1.165) is 12.8 Å². The van der Waals surface area contributed by atoms with Gasteiger partial charge < -0.3 is 4.74 Å². The highest BCUT2D eigenvalue weighted by atomic mass is 16.5. The molecule has 0 aliphatic heterocycles. The summed E-state index contributed by atoms with van der Waals surface area (Å²) in [6.45, 7) is 12.5. The van der Waals surface area contributed by atoms with Gasteiger partial charge in [0.1, 0.15) is 0 Å². The summed E-state index contributed by atoms with van der Waals surface area (Å²) in [7, 11) is 0. The molecule has 0 amide bonds. The summed E-state index contributed by atoms with van der Waals surface area (Å²) in [6.07, 6.45) is 10.0. The first-order chi connectivity index (χ1) is 8.89. The van der Waals surface area contributed by atoms with Crippen molar-refractivity contribution in [1.29, 1.82) is 0 Å². The molecule has 0 rings (SSSR count). The van der Waals surface area contributed by atoms with Crippen LogP contribution in [0.5, 0.6) is 0 Å². The normalized spacial score (nSPS) is 11.4. The second kappa shape index (κ2) is 10.1. The van der Waals surface area contributed by atoms with E-state index in [1.807, 2.05) is 20.8 Å². The van der Waals surface area contributed by atoms with E-state index in [-0.39, 0.29) is 11.4 Å². The number of carbonyl (C=O) groups excluding carboxylic acids is 1. The van der Waals surface area contributed by atoms with Crippen LogP contribution in [-0.4, -0.2) is 12.6 Å². The topological polar surface area (TPSA) is 26.3 Å². The molecule has 0 radical (unpaired) electrons. The zero-order valence-corrected chi connectivity index (χ0v) is 13.4. The van der Waals surface area contributed by atoms with Gasteiger partial charge in [-0.25, -0.2) is 4.79 Å². The first kappa shape index (κ1) is 18.2. The highest BCUT2D eigenvalue weighted by Crippen LogP contribution is 2.24. The van der Waals surface area contributed by atoms with E-state index in [1.165, 1.54) is 38.5 Å². The van der Waals surface area contributed by atoms with Gasteiger partial charge in [0.05, 0.1) is 6.61 Å². The van der Waals surface area contributed by atoms with Crippen LogP contribution in [0.25, 0.3) is 0 Å². The van der Waals surface area contributed by atoms with Crippen molar-refractivity contribution in [2.24, 2.45) is 5.41 Å². The van der Waals surface area contributed by atoms with Crippen LogP contribution in [0.1, 0.15) is 79.1 Å². The second-order valence-corrected chi connectivity index (χ2v) is 6.34. The lowest BCUT2D eigenvalue weighted by atomic mass is 9.88. The van der Waals surface area contributed by atoms with E-state index >= 15 is 0 Å². The van der Waals surface area contributed by atoms with E-state index in [9.17, 15) is 4.79 Å². The van der Waals surface area contributed by atoms with Gasteiger partial charge in [-0.3, -0.25) is 0 Å². The Morgan fingerprint density at radius 1 is 0.947 bits per heavy atom. The molecule has 2 heteroatoms. The van der Waals surface area contributed by atoms with Gasteiger partial charge in [0.15, 0.2) is 0 Å². The Bertz CT molecular complexity index is 261. The maximum Gasteiger partial charge on any atom is 0.333 e. The summed E-state index contributed by atoms with van der Waals surface area (Å²) in [5.41, 5.74) is 0.364. The summed E-state index contributed by atoms with van der Waals surface area (Å²) in [5, 5.41) is 0. The molecule has 19 heavy (non-hydrogen) atoms. The average molecular weight is 268 g/mol. The van der Waals surface area contributed by atoms with Crippen LogP contribution in [0.4, 0.5) is 0 Å². The fraction of sp³-hybridized carbons (Fsp3) is 0.824. The molecular weight excluding hydrogens is 236 g/mol. The second-order valence-electron chi connectivity index (χ2n) is 6.34. The maximum absolute atomic E-state index is 11.7. The van der Waals surface area contributed by atoms with Crippen molar-refractivity contribution >= 4 is 5.97 Å². The fourth-order valence-corrected chi connectivity index (χ4v) is 1.79. The highest BCUT2D eigenvalue weighted by Gasteiger charge is 2.22. The molecule has 0 heterocycles. The first-order valence-corrected chi connectivity index (χ1v) is 7.76. The van der Waals surface area contributed by atoms with Gasteiger partial charge in [-0.05, 0) is 11.8 Å². The highest BCUT2D eigenvalue weighted by molar-refractivity contribution is 5.88. The predicted molar refractivity (Wildman–Crippen MR) is 82.2 cm³/mol. The molecule has 0 saturated carbocycles. The number of rotatable bonds is 10. The number of carbonyl (C=O) groups is 1. The Kier molecular flexibility index (Phi) is 9.63. The van der Waals surface area contributed by atoms with Crippen LogP contribution in [0.15, 0.2) is 12.2 Å². The van der Waals surface area contributed by atoms with Crippen LogP contribution >= 0.6 is 0 Å². The van der Waals surface area contributed by atoms with E-state index in [4.69, 9.17) is 4.74 Å². The van der Waals surface area contributed by atoms with Crippen molar-refractivity contribution < 1.29 is 9.53 Å². The van der Waals surface area contributed by atoms with Crippen LogP contribution in [0, 0.1) is 5.41 Å². The van der Waals surface area contributed by atoms with E-state index in [0.29, 0.717) is 12.2 Å². The first-order valence-electron chi connectivity index (χ1n) is 7.76. The van der Waals surface area contributed by atoms with Crippen molar-refractivity contribution in [3.05, 3.63) is 12.2 Å². The smallest absolute Gasteiger partial charge is 0.333 e. The average Bonchev–Trinajstić information content (AvgIpc) is 2.34. The molecule has 0 unspecified atom stereocenters. The Morgan fingerprint density at radius 3 is 1.89 bits per heavy atom. The monoisotopic (exact) mass is 268 g/mol. The maximum atomic E-state index is 11.7. The van der Waals surface area contributed by atoms with Crippen molar-refractivity contribution in [3.63, 3.8) is 0 Å². The van der Waals surface area contributed by atoms with Gasteiger partial charge in [0.25, 0.3) is 0 Å². The van der Waals surface area contributed by atoms with E-state index in [1.54, 1.807) is 0 Å². The standard InChI is InChI=1S/C17H32O2/c1-6-7-8-9-10-11-12-13-14-19-16(18)15(2)17(3,4)5/h2,6-14H2,1,3-5H3. The summed E-state index contributed by atoms with van der Waals surface area (Å²) in [4.78, 5) is 11.7. The van der Waals surface area contributed by atoms with Crippen LogP contribution < -0.4 is 0 Å². The van der Waals surface area contributed by atoms with E-state index < -0.39 is 0 Å². The molecule has 0 aromatic rings. The lowest BCUT2D eigenvalue weighted by molar-refractivity contribution is -0.140. The minimum atomic E-state index is -0.240. The van der Waals surface area contributed by atoms with Crippen molar-refractivity contribution in [2.45, 2.75) is 79.1 Å². The van der Waals surface area contributed by atoms with Gasteiger partial charge in [0.2, 0.25) is 0 Å². The minimum absolute atomic E-state index is 0.198. The SMILES string of the molecule is C=C(C(=O)OCCCCCCCCCC)C(C)(C)C. The molecule has 0 atom stereocenters. The zero-order valence-electron chi connectivity index (χ0n) is 13.4. The third kappa shape index (κ3) is 9.75. The number of esters is 1. The lowest BCUT2D eigenvalue weighted by Gasteiger charge is -2.19. The molecule has 0 aromatic heterocycles. The molecule has 2 nitrogen and oxygen atoms in total. The van der Waals surface area contributed by atoms with Gasteiger partial charge >= 0.3 is 5.97 Å². The Hall–Kier alpha value is -0.790. The molecule has 0 N–H and O–H groups in total. The van der Waals surface area contributed by atoms with Gasteiger partial charge in [-0.1, -0.05) is 79.2 Å². The van der Waals surface area contributed by atoms with Crippen LogP contribution in [0.2, 0.25) is 0 Å². The molecular formula is C17H32O2. The third-order valence-corrected chi connectivity index (χ3v) is 3.38. The molecule has 0 saturated heterocycles. The fourth-order valence-electron chi connectivity index (χ4n) is 1.79. The van der Waals surface area contributed by atoms with Crippen LogP contribution in [0.3, 0.4) is 0 Å². The number of hydrogen-bond donors (Lipinski definition) is 0. The summed E-state index contributed by atoms with van der Waals surface area (Å²) in [5.74, 6) is -0.240. The Morgan fingerprint density at radius 2 is 1.42 bits per heavy atom. The molecule has 0 bridgehead atoms. The molecule has 112 valence electrons. The van der Waals surface area contributed by atoms with Crippen molar-refractivity contribution in [1.82, 2.24) is 0 Å². The number of ether oxygens (including phenoxy) is 1. The summed E-state index contributed by atoms with van der Waals surface area (Å²) >= 11 is 0. The van der Waals surface area contributed by atoms with Gasteiger partial charge in [0, 0.05) is 5.57 Å². The summed E-state index contributed by atoms with van der Waals surface area (Å²) < 4.78 is 5.24. The summed E-state index contributed by atoms with van der Waals surface area (Å²) in [6, 6.07) is 0. The largest absolute Gasteiger partial charge is 0.462 e. The molecule has 0 aliphatic rings. The zero-order chi connectivity index (χ0) is 14.7. The Balaban J connectivity index is 3.45. The van der Waals surface area contributed by atoms with E-state index in [2.05, 4.69) is 13.5 Å². The van der Waals surface area contributed by atoms with Crippen molar-refractivity contribution in [3.8, 4) is 0 Å². The molecule has 0 aromatic carbocycles. The Labute approximate surface area is 119 Å². The van der Waals surface area contributed by atoms with Crippen molar-refractivity contribution in [2.75, 3.05) is 6.61 Å². The quantitative estimate of drug-likeness (QED) is 0.306. The number of hydrogen-bond acceptors (Lipinski definition) is 2. The number of unbranched alkanes of at least 4 members (excludes halogenated alkanes) is 7. The van der Waals surface area contributed by atoms with Gasteiger partial charge in [-0.15, -0.1) is 0 Å². The molecule has 0 aliphatic carbocycles. The third-order valence-electron chi connectivity index (χ3n) is 3.38. The van der Waals surface area contributed by atoms with Crippen LogP contribution in [-0.2, 0) is 9.53 Å². The predicted octanol–water partition coefficient (Wildman–Crippen LogP) is 5.27. The lowest BCUT2D eigenvalue weighted by Crippen LogP contribution is -2.19. The van der Waals surface area contributed by atoms with Gasteiger partial charge in [-0.2, -0.15) is 0 Å². The molecule has 0 fully saturated rings.